The van der Waals surface area contributed by atoms with Gasteiger partial charge >= 0.3 is 0 Å². The monoisotopic (exact) mass is 262 g/mol. The number of aromatic nitrogens is 1. The standard InChI is InChI=1S/C14H18N2OS/c1-15-13(8-12-5-6-18-10-12)7-11-3-4-14(17-2)16-9-11/h3-6,9-10,13,15H,7-8H2,1-2H3. The molecule has 0 aliphatic rings. The molecule has 0 aliphatic carbocycles. The third-order valence-electron chi connectivity index (χ3n) is 2.96. The number of ether oxygens (including phenoxy) is 1. The molecule has 1 atom stereocenters. The molecule has 4 heteroatoms. The highest BCUT2D eigenvalue weighted by Crippen LogP contribution is 2.13. The second-order valence-electron chi connectivity index (χ2n) is 4.23. The fourth-order valence-corrected chi connectivity index (χ4v) is 2.59. The second-order valence-corrected chi connectivity index (χ2v) is 5.01. The molecule has 2 heterocycles. The molecule has 1 N–H and O–H groups in total. The Morgan fingerprint density at radius 2 is 2.11 bits per heavy atom. The van der Waals surface area contributed by atoms with Gasteiger partial charge in [0, 0.05) is 18.3 Å². The predicted molar refractivity (Wildman–Crippen MR) is 75.4 cm³/mol. The van der Waals surface area contributed by atoms with Gasteiger partial charge in [0.15, 0.2) is 0 Å². The van der Waals surface area contributed by atoms with Gasteiger partial charge in [-0.1, -0.05) is 6.07 Å². The normalized spacial score (nSPS) is 12.3. The SMILES string of the molecule is CNC(Cc1ccc(OC)nc1)Cc1ccsc1. The number of pyridine rings is 1. The molecular weight excluding hydrogens is 244 g/mol. The van der Waals surface area contributed by atoms with E-state index in [9.17, 15) is 0 Å². The van der Waals surface area contributed by atoms with E-state index in [0.29, 0.717) is 11.9 Å². The summed E-state index contributed by atoms with van der Waals surface area (Å²) in [5, 5.41) is 7.69. The number of methoxy groups -OCH3 is 1. The van der Waals surface area contributed by atoms with Crippen LogP contribution < -0.4 is 10.1 Å². The van der Waals surface area contributed by atoms with Gasteiger partial charge in [-0.25, -0.2) is 4.98 Å². The summed E-state index contributed by atoms with van der Waals surface area (Å²) in [5.74, 6) is 0.664. The summed E-state index contributed by atoms with van der Waals surface area (Å²) in [4.78, 5) is 4.23. The third-order valence-corrected chi connectivity index (χ3v) is 3.69. The molecule has 18 heavy (non-hydrogen) atoms. The van der Waals surface area contributed by atoms with Crippen molar-refractivity contribution in [2.24, 2.45) is 0 Å². The average Bonchev–Trinajstić information content (AvgIpc) is 2.91. The van der Waals surface area contributed by atoms with Crippen LogP contribution in [-0.4, -0.2) is 25.2 Å². The van der Waals surface area contributed by atoms with Crippen LogP contribution in [0.15, 0.2) is 35.2 Å². The van der Waals surface area contributed by atoms with Gasteiger partial charge in [-0.3, -0.25) is 0 Å². The summed E-state index contributed by atoms with van der Waals surface area (Å²) in [6, 6.07) is 6.60. The zero-order valence-electron chi connectivity index (χ0n) is 10.7. The second kappa shape index (κ2) is 6.52. The summed E-state index contributed by atoms with van der Waals surface area (Å²) >= 11 is 1.75. The zero-order chi connectivity index (χ0) is 12.8. The van der Waals surface area contributed by atoms with Crippen LogP contribution in [0, 0.1) is 0 Å². The lowest BCUT2D eigenvalue weighted by Gasteiger charge is -2.15. The molecular formula is C14H18N2OS. The Bertz CT molecular complexity index is 453. The van der Waals surface area contributed by atoms with E-state index in [0.717, 1.165) is 12.8 Å². The zero-order valence-corrected chi connectivity index (χ0v) is 11.5. The van der Waals surface area contributed by atoms with Gasteiger partial charge in [0.2, 0.25) is 5.88 Å². The summed E-state index contributed by atoms with van der Waals surface area (Å²) in [6.45, 7) is 0. The highest BCUT2D eigenvalue weighted by atomic mass is 32.1. The minimum absolute atomic E-state index is 0.440. The predicted octanol–water partition coefficient (Wildman–Crippen LogP) is 2.52. The molecule has 0 aliphatic heterocycles. The minimum Gasteiger partial charge on any atom is -0.481 e. The molecule has 0 radical (unpaired) electrons. The van der Waals surface area contributed by atoms with Crippen LogP contribution in [0.5, 0.6) is 5.88 Å². The molecule has 0 fully saturated rings. The van der Waals surface area contributed by atoms with Crippen molar-refractivity contribution in [3.63, 3.8) is 0 Å². The van der Waals surface area contributed by atoms with Crippen molar-refractivity contribution in [1.82, 2.24) is 10.3 Å². The van der Waals surface area contributed by atoms with Crippen LogP contribution in [0.1, 0.15) is 11.1 Å². The minimum atomic E-state index is 0.440. The van der Waals surface area contributed by atoms with Gasteiger partial charge in [0.1, 0.15) is 0 Å². The van der Waals surface area contributed by atoms with Crippen LogP contribution in [0.2, 0.25) is 0 Å². The molecule has 96 valence electrons. The first kappa shape index (κ1) is 13.1. The number of hydrogen-bond acceptors (Lipinski definition) is 4. The topological polar surface area (TPSA) is 34.1 Å². The lowest BCUT2D eigenvalue weighted by atomic mass is 10.0. The number of likely N-dealkylation sites (N-methyl/N-ethyl adjacent to an activating group) is 1. The van der Waals surface area contributed by atoms with Gasteiger partial charge < -0.3 is 10.1 Å². The summed E-state index contributed by atoms with van der Waals surface area (Å²) in [6.07, 6.45) is 3.91. The van der Waals surface area contributed by atoms with Crippen molar-refractivity contribution in [2.75, 3.05) is 14.2 Å². The molecule has 0 aromatic carbocycles. The van der Waals surface area contributed by atoms with E-state index in [1.807, 2.05) is 19.3 Å². The highest BCUT2D eigenvalue weighted by Gasteiger charge is 2.09. The van der Waals surface area contributed by atoms with Crippen LogP contribution in [-0.2, 0) is 12.8 Å². The molecule has 1 unspecified atom stereocenters. The molecule has 2 aromatic heterocycles. The average molecular weight is 262 g/mol. The van der Waals surface area contributed by atoms with Gasteiger partial charge in [-0.15, -0.1) is 0 Å². The smallest absolute Gasteiger partial charge is 0.212 e. The van der Waals surface area contributed by atoms with Gasteiger partial charge in [-0.05, 0) is 47.8 Å². The molecule has 2 rings (SSSR count). The first-order valence-corrected chi connectivity index (χ1v) is 6.93. The fraction of sp³-hybridized carbons (Fsp3) is 0.357. The maximum absolute atomic E-state index is 5.06. The lowest BCUT2D eigenvalue weighted by molar-refractivity contribution is 0.397. The van der Waals surface area contributed by atoms with E-state index in [4.69, 9.17) is 4.74 Å². The number of hydrogen-bond donors (Lipinski definition) is 1. The Morgan fingerprint density at radius 3 is 2.67 bits per heavy atom. The summed E-state index contributed by atoms with van der Waals surface area (Å²) in [5.41, 5.74) is 2.62. The van der Waals surface area contributed by atoms with E-state index in [1.54, 1.807) is 18.4 Å². The number of nitrogens with one attached hydrogen (secondary N) is 1. The number of thiophene rings is 1. The molecule has 0 saturated heterocycles. The first-order chi connectivity index (χ1) is 8.81. The van der Waals surface area contributed by atoms with Crippen molar-refractivity contribution in [3.05, 3.63) is 46.3 Å². The van der Waals surface area contributed by atoms with E-state index < -0.39 is 0 Å². The van der Waals surface area contributed by atoms with Crippen molar-refractivity contribution < 1.29 is 4.74 Å². The van der Waals surface area contributed by atoms with Crippen molar-refractivity contribution >= 4 is 11.3 Å². The summed E-state index contributed by atoms with van der Waals surface area (Å²) < 4.78 is 5.06. The Hall–Kier alpha value is -1.39. The van der Waals surface area contributed by atoms with Crippen molar-refractivity contribution in [1.29, 1.82) is 0 Å². The molecule has 0 saturated carbocycles. The molecule has 0 amide bonds. The Labute approximate surface area is 112 Å². The van der Waals surface area contributed by atoms with E-state index >= 15 is 0 Å². The lowest BCUT2D eigenvalue weighted by Crippen LogP contribution is -2.29. The molecule has 3 nitrogen and oxygen atoms in total. The first-order valence-electron chi connectivity index (χ1n) is 5.99. The Kier molecular flexibility index (Phi) is 4.73. The van der Waals surface area contributed by atoms with E-state index in [-0.39, 0.29) is 0 Å². The van der Waals surface area contributed by atoms with Crippen LogP contribution in [0.3, 0.4) is 0 Å². The number of rotatable bonds is 6. The Balaban J connectivity index is 1.96. The van der Waals surface area contributed by atoms with Crippen LogP contribution >= 0.6 is 11.3 Å². The van der Waals surface area contributed by atoms with E-state index in [2.05, 4.69) is 33.2 Å². The molecule has 0 bridgehead atoms. The fourth-order valence-electron chi connectivity index (χ4n) is 1.91. The maximum Gasteiger partial charge on any atom is 0.212 e. The maximum atomic E-state index is 5.06. The van der Waals surface area contributed by atoms with Gasteiger partial charge in [-0.2, -0.15) is 11.3 Å². The largest absolute Gasteiger partial charge is 0.481 e. The highest BCUT2D eigenvalue weighted by molar-refractivity contribution is 7.07. The van der Waals surface area contributed by atoms with E-state index in [1.165, 1.54) is 11.1 Å². The quantitative estimate of drug-likeness (QED) is 0.868. The summed E-state index contributed by atoms with van der Waals surface area (Å²) in [7, 11) is 3.64. The van der Waals surface area contributed by atoms with Crippen molar-refractivity contribution in [2.45, 2.75) is 18.9 Å². The number of nitrogens with zero attached hydrogens (tertiary/aromatic N) is 1. The van der Waals surface area contributed by atoms with Gasteiger partial charge in [0.25, 0.3) is 0 Å². The van der Waals surface area contributed by atoms with Crippen molar-refractivity contribution in [3.8, 4) is 5.88 Å². The van der Waals surface area contributed by atoms with Gasteiger partial charge in [0.05, 0.1) is 7.11 Å². The Morgan fingerprint density at radius 1 is 1.28 bits per heavy atom. The van der Waals surface area contributed by atoms with Crippen LogP contribution in [0.25, 0.3) is 0 Å². The van der Waals surface area contributed by atoms with Crippen LogP contribution in [0.4, 0.5) is 0 Å². The molecule has 2 aromatic rings. The third kappa shape index (κ3) is 3.55. The molecule has 0 spiro atoms.